The zero-order valence-electron chi connectivity index (χ0n) is 12.9. The second kappa shape index (κ2) is 6.04. The van der Waals surface area contributed by atoms with E-state index in [1.54, 1.807) is 6.08 Å². The van der Waals surface area contributed by atoms with Crippen LogP contribution in [0, 0.1) is 24.3 Å². The van der Waals surface area contributed by atoms with Gasteiger partial charge in [0.2, 0.25) is 10.0 Å². The first-order valence-electron chi connectivity index (χ1n) is 7.57. The number of nitrogens with one attached hydrogen (secondary N) is 1. The molecule has 0 unspecified atom stereocenters. The number of aliphatic hydroxyl groups excluding tert-OH is 1. The van der Waals surface area contributed by atoms with Gasteiger partial charge in [-0.2, -0.15) is 13.2 Å². The molecule has 3 rings (SSSR count). The standard InChI is InChI=1S/C16H15F3N2O3S/c1-20-14-5-4-11(7-13(14)16(17,18)19)21-25(23,24)15-10-3-2-9(6-10)12(15)8-22/h2-5,7,9-10,12,15,21-22H,6,8H2/t9-,10+,12-,15+/m1/s1. The minimum Gasteiger partial charge on any atom is -0.396 e. The maximum atomic E-state index is 13.0. The first kappa shape index (κ1) is 17.8. The molecule has 0 aromatic heterocycles. The van der Waals surface area contributed by atoms with Crippen molar-refractivity contribution < 1.29 is 26.7 Å². The van der Waals surface area contributed by atoms with Crippen LogP contribution in [0.5, 0.6) is 0 Å². The van der Waals surface area contributed by atoms with Gasteiger partial charge in [-0.05, 0) is 30.4 Å². The third kappa shape index (κ3) is 3.12. The van der Waals surface area contributed by atoms with Crippen molar-refractivity contribution >= 4 is 21.4 Å². The predicted octanol–water partition coefficient (Wildman–Crippen LogP) is 3.18. The summed E-state index contributed by atoms with van der Waals surface area (Å²) in [6.07, 6.45) is -0.487. The molecule has 2 aliphatic carbocycles. The Morgan fingerprint density at radius 3 is 2.56 bits per heavy atom. The van der Waals surface area contributed by atoms with Gasteiger partial charge in [-0.1, -0.05) is 18.2 Å². The molecule has 0 amide bonds. The lowest BCUT2D eigenvalue weighted by molar-refractivity contribution is -0.136. The van der Waals surface area contributed by atoms with Crippen molar-refractivity contribution in [1.29, 1.82) is 0 Å². The van der Waals surface area contributed by atoms with E-state index in [0.717, 1.165) is 12.1 Å². The first-order chi connectivity index (χ1) is 11.7. The van der Waals surface area contributed by atoms with Gasteiger partial charge in [-0.25, -0.2) is 13.3 Å². The van der Waals surface area contributed by atoms with E-state index >= 15 is 0 Å². The Hall–Kier alpha value is -2.05. The summed E-state index contributed by atoms with van der Waals surface area (Å²) in [5.74, 6) is -0.770. The molecule has 2 bridgehead atoms. The van der Waals surface area contributed by atoms with Crippen LogP contribution >= 0.6 is 0 Å². The maximum Gasteiger partial charge on any atom is 0.407 e. The molecule has 2 N–H and O–H groups in total. The average Bonchev–Trinajstić information content (AvgIpc) is 3.14. The lowest BCUT2D eigenvalue weighted by Gasteiger charge is -2.26. The summed E-state index contributed by atoms with van der Waals surface area (Å²) in [7, 11) is -3.99. The van der Waals surface area contributed by atoms with Gasteiger partial charge >= 0.3 is 6.18 Å². The van der Waals surface area contributed by atoms with Crippen molar-refractivity contribution in [3.05, 3.63) is 47.3 Å². The fraction of sp³-hybridized carbons (Fsp3) is 0.438. The normalized spacial score (nSPS) is 28.1. The summed E-state index contributed by atoms with van der Waals surface area (Å²) in [4.78, 5) is 2.82. The van der Waals surface area contributed by atoms with Crippen molar-refractivity contribution in [3.8, 4) is 0 Å². The number of aliphatic hydroxyl groups is 1. The summed E-state index contributed by atoms with van der Waals surface area (Å²) in [6.45, 7) is 6.51. The van der Waals surface area contributed by atoms with E-state index in [2.05, 4.69) is 9.57 Å². The fourth-order valence-electron chi connectivity index (χ4n) is 3.74. The third-order valence-corrected chi connectivity index (χ3v) is 6.73. The minimum atomic E-state index is -4.76. The van der Waals surface area contributed by atoms with Crippen molar-refractivity contribution in [2.24, 2.45) is 17.8 Å². The molecule has 2 aliphatic rings. The highest BCUT2D eigenvalue weighted by Gasteiger charge is 2.50. The van der Waals surface area contributed by atoms with Gasteiger partial charge in [0.15, 0.2) is 5.69 Å². The number of halogens is 3. The molecule has 4 atom stereocenters. The summed E-state index contributed by atoms with van der Waals surface area (Å²) < 4.78 is 66.6. The molecule has 0 radical (unpaired) electrons. The highest BCUT2D eigenvalue weighted by molar-refractivity contribution is 7.93. The van der Waals surface area contributed by atoms with Gasteiger partial charge < -0.3 is 5.11 Å². The van der Waals surface area contributed by atoms with E-state index in [4.69, 9.17) is 6.57 Å². The molecule has 25 heavy (non-hydrogen) atoms. The number of rotatable bonds is 4. The number of alkyl halides is 3. The maximum absolute atomic E-state index is 13.0. The van der Waals surface area contributed by atoms with Crippen LogP contribution < -0.4 is 4.72 Å². The van der Waals surface area contributed by atoms with Gasteiger partial charge in [-0.3, -0.25) is 4.72 Å². The first-order valence-corrected chi connectivity index (χ1v) is 9.11. The summed E-state index contributed by atoms with van der Waals surface area (Å²) in [5, 5.41) is 8.61. The van der Waals surface area contributed by atoms with Gasteiger partial charge in [0.25, 0.3) is 0 Å². The largest absolute Gasteiger partial charge is 0.407 e. The lowest BCUT2D eigenvalue weighted by atomic mass is 9.94. The van der Waals surface area contributed by atoms with Crippen molar-refractivity contribution in [3.63, 3.8) is 0 Å². The lowest BCUT2D eigenvalue weighted by Crippen LogP contribution is -2.39. The fourth-order valence-corrected chi connectivity index (χ4v) is 5.74. The van der Waals surface area contributed by atoms with Crippen LogP contribution in [-0.4, -0.2) is 25.4 Å². The summed E-state index contributed by atoms with van der Waals surface area (Å²) >= 11 is 0. The van der Waals surface area contributed by atoms with Crippen molar-refractivity contribution in [2.75, 3.05) is 11.3 Å². The van der Waals surface area contributed by atoms with Crippen molar-refractivity contribution in [2.45, 2.75) is 17.8 Å². The van der Waals surface area contributed by atoms with E-state index in [1.165, 1.54) is 0 Å². The molecular formula is C16H15F3N2O3S. The molecule has 0 saturated heterocycles. The monoisotopic (exact) mass is 372 g/mol. The quantitative estimate of drug-likeness (QED) is 0.630. The number of sulfonamides is 1. The molecule has 5 nitrogen and oxygen atoms in total. The third-order valence-electron chi connectivity index (χ3n) is 4.80. The number of anilines is 1. The van der Waals surface area contributed by atoms with Crippen LogP contribution in [0.3, 0.4) is 0 Å². The number of hydrogen-bond donors (Lipinski definition) is 2. The predicted molar refractivity (Wildman–Crippen MR) is 85.3 cm³/mol. The van der Waals surface area contributed by atoms with E-state index in [0.29, 0.717) is 12.5 Å². The van der Waals surface area contributed by atoms with E-state index in [-0.39, 0.29) is 24.1 Å². The molecule has 1 fully saturated rings. The number of hydrogen-bond acceptors (Lipinski definition) is 3. The SMILES string of the molecule is [C-]#[N+]c1ccc(NS(=O)(=O)[C@@H]2[C@H](CO)[C@@H]3C=C[C@H]2C3)cc1C(F)(F)F. The van der Waals surface area contributed by atoms with Gasteiger partial charge in [-0.15, -0.1) is 0 Å². The number of allylic oxidation sites excluding steroid dienone is 2. The Labute approximate surface area is 143 Å². The Morgan fingerprint density at radius 2 is 1.96 bits per heavy atom. The van der Waals surface area contributed by atoms with Crippen LogP contribution in [0.25, 0.3) is 4.85 Å². The molecule has 1 aromatic rings. The zero-order chi connectivity index (χ0) is 18.4. The second-order valence-electron chi connectivity index (χ2n) is 6.25. The molecule has 0 heterocycles. The highest BCUT2D eigenvalue weighted by atomic mass is 32.2. The van der Waals surface area contributed by atoms with Gasteiger partial charge in [0, 0.05) is 18.2 Å². The number of benzene rings is 1. The Kier molecular flexibility index (Phi) is 4.29. The van der Waals surface area contributed by atoms with Gasteiger partial charge in [0.05, 0.1) is 17.4 Å². The minimum absolute atomic E-state index is 0.0354. The summed E-state index contributed by atoms with van der Waals surface area (Å²) in [6, 6.07) is 2.71. The molecule has 1 saturated carbocycles. The van der Waals surface area contributed by atoms with Crippen LogP contribution in [0.4, 0.5) is 24.5 Å². The smallest absolute Gasteiger partial charge is 0.396 e. The number of fused-ring (bicyclic) bond motifs is 2. The molecule has 0 spiro atoms. The van der Waals surface area contributed by atoms with Crippen LogP contribution in [0.15, 0.2) is 30.4 Å². The number of nitrogens with zero attached hydrogens (tertiary/aromatic N) is 1. The van der Waals surface area contributed by atoms with Crippen LogP contribution in [0.1, 0.15) is 12.0 Å². The van der Waals surface area contributed by atoms with Gasteiger partial charge in [0.1, 0.15) is 0 Å². The topological polar surface area (TPSA) is 70.8 Å². The Bertz CT molecular complexity index is 858. The molecule has 1 aromatic carbocycles. The average molecular weight is 372 g/mol. The summed E-state index contributed by atoms with van der Waals surface area (Å²) in [5.41, 5.74) is -2.02. The molecule has 0 aliphatic heterocycles. The van der Waals surface area contributed by atoms with E-state index in [9.17, 15) is 26.7 Å². The van der Waals surface area contributed by atoms with Crippen LogP contribution in [0.2, 0.25) is 0 Å². The Morgan fingerprint density at radius 1 is 1.28 bits per heavy atom. The van der Waals surface area contributed by atoms with Crippen LogP contribution in [-0.2, 0) is 16.2 Å². The zero-order valence-corrected chi connectivity index (χ0v) is 13.7. The van der Waals surface area contributed by atoms with E-state index in [1.807, 2.05) is 6.08 Å². The highest BCUT2D eigenvalue weighted by Crippen LogP contribution is 2.47. The molecule has 9 heteroatoms. The molecule has 134 valence electrons. The van der Waals surface area contributed by atoms with E-state index < -0.39 is 38.6 Å². The van der Waals surface area contributed by atoms with Crippen molar-refractivity contribution in [1.82, 2.24) is 0 Å². The second-order valence-corrected chi connectivity index (χ2v) is 8.09. The molecular weight excluding hydrogens is 357 g/mol. The Balaban J connectivity index is 1.92.